The maximum absolute atomic E-state index is 12.6. The Morgan fingerprint density at radius 3 is 2.62 bits per heavy atom. The van der Waals surface area contributed by atoms with E-state index in [2.05, 4.69) is 26.5 Å². The predicted molar refractivity (Wildman–Crippen MR) is 123 cm³/mol. The van der Waals surface area contributed by atoms with Crippen LogP contribution in [0.3, 0.4) is 0 Å². The lowest BCUT2D eigenvalue weighted by molar-refractivity contribution is -0.121. The van der Waals surface area contributed by atoms with Crippen LogP contribution in [0.1, 0.15) is 36.2 Å². The minimum atomic E-state index is -0.546. The van der Waals surface area contributed by atoms with Crippen LogP contribution in [0.15, 0.2) is 32.6 Å². The molecule has 0 radical (unpaired) electrons. The molecule has 0 unspecified atom stereocenters. The Kier molecular flexibility index (Phi) is 9.43. The molecule has 0 aliphatic heterocycles. The Balaban J connectivity index is 2.17. The number of hydrazone groups is 1. The quantitative estimate of drug-likeness (QED) is 0.392. The number of aromatic nitrogens is 1. The second kappa shape index (κ2) is 12.0. The van der Waals surface area contributed by atoms with Gasteiger partial charge in [-0.05, 0) is 60.5 Å². The van der Waals surface area contributed by atoms with Crippen molar-refractivity contribution in [2.75, 3.05) is 20.3 Å². The smallest absolute Gasteiger partial charge is 0.269 e. The summed E-state index contributed by atoms with van der Waals surface area (Å²) in [7, 11) is 1.48. The predicted octanol–water partition coefficient (Wildman–Crippen LogP) is 2.89. The maximum Gasteiger partial charge on any atom is 0.269 e. The highest BCUT2D eigenvalue weighted by Crippen LogP contribution is 2.36. The topological polar surface area (TPSA) is 115 Å². The van der Waals surface area contributed by atoms with Crippen LogP contribution in [0, 0.1) is 18.3 Å². The number of carbonyl (C=O) groups is 1. The first kappa shape index (κ1) is 25.1. The first-order chi connectivity index (χ1) is 15.4. The van der Waals surface area contributed by atoms with E-state index in [0.717, 1.165) is 0 Å². The number of rotatable bonds is 10. The van der Waals surface area contributed by atoms with Crippen molar-refractivity contribution in [1.82, 2.24) is 9.99 Å². The van der Waals surface area contributed by atoms with Crippen LogP contribution in [0.25, 0.3) is 0 Å². The van der Waals surface area contributed by atoms with Gasteiger partial charge in [0, 0.05) is 18.4 Å². The summed E-state index contributed by atoms with van der Waals surface area (Å²) in [6.45, 7) is 6.25. The minimum absolute atomic E-state index is 0.0450. The summed E-state index contributed by atoms with van der Waals surface area (Å²) in [6.07, 6.45) is 1.46. The van der Waals surface area contributed by atoms with Crippen molar-refractivity contribution in [3.63, 3.8) is 0 Å². The molecule has 32 heavy (non-hydrogen) atoms. The zero-order chi connectivity index (χ0) is 23.7. The number of benzene rings is 1. The van der Waals surface area contributed by atoms with Crippen LogP contribution in [0.4, 0.5) is 0 Å². The number of nitrogens with one attached hydrogen (secondary N) is 1. The molecule has 0 saturated carbocycles. The fourth-order valence-electron chi connectivity index (χ4n) is 2.99. The second-order valence-electron chi connectivity index (χ2n) is 6.61. The lowest BCUT2D eigenvalue weighted by Crippen LogP contribution is -2.33. The SMILES string of the molecule is CCOc1cc(C=NNC(=O)Cn2c(C)cc(COC)c(C#N)c2=O)cc(Br)c1OCC. The van der Waals surface area contributed by atoms with Gasteiger partial charge in [-0.25, -0.2) is 5.43 Å². The van der Waals surface area contributed by atoms with Gasteiger partial charge in [0.25, 0.3) is 11.5 Å². The molecule has 0 spiro atoms. The molecule has 0 bridgehead atoms. The molecule has 0 aliphatic rings. The summed E-state index contributed by atoms with van der Waals surface area (Å²) in [5.74, 6) is 0.638. The van der Waals surface area contributed by atoms with Gasteiger partial charge in [-0.1, -0.05) is 0 Å². The molecule has 1 aromatic carbocycles. The van der Waals surface area contributed by atoms with Crippen LogP contribution in [-0.2, 0) is 22.7 Å². The summed E-state index contributed by atoms with van der Waals surface area (Å²) in [4.78, 5) is 25.0. The average molecular weight is 505 g/mol. The van der Waals surface area contributed by atoms with E-state index in [1.54, 1.807) is 25.1 Å². The number of carbonyl (C=O) groups excluding carboxylic acids is 1. The van der Waals surface area contributed by atoms with Crippen LogP contribution in [-0.4, -0.2) is 37.0 Å². The van der Waals surface area contributed by atoms with Crippen molar-refractivity contribution in [1.29, 1.82) is 5.26 Å². The monoisotopic (exact) mass is 504 g/mol. The summed E-state index contributed by atoms with van der Waals surface area (Å²) in [5, 5.41) is 13.3. The third kappa shape index (κ3) is 6.18. The molecular formula is C22H25BrN4O5. The van der Waals surface area contributed by atoms with E-state index in [9.17, 15) is 14.9 Å². The molecule has 170 valence electrons. The number of methoxy groups -OCH3 is 1. The second-order valence-corrected chi connectivity index (χ2v) is 7.47. The zero-order valence-corrected chi connectivity index (χ0v) is 20.0. The summed E-state index contributed by atoms with van der Waals surface area (Å²) < 4.78 is 18.2. The molecule has 1 amide bonds. The van der Waals surface area contributed by atoms with Crippen molar-refractivity contribution in [3.8, 4) is 17.6 Å². The van der Waals surface area contributed by atoms with E-state index < -0.39 is 11.5 Å². The van der Waals surface area contributed by atoms with Gasteiger partial charge in [-0.3, -0.25) is 9.59 Å². The number of halogens is 1. The van der Waals surface area contributed by atoms with Crippen molar-refractivity contribution in [2.24, 2.45) is 5.10 Å². The van der Waals surface area contributed by atoms with Crippen LogP contribution in [0.2, 0.25) is 0 Å². The molecule has 10 heteroatoms. The molecule has 0 atom stereocenters. The highest BCUT2D eigenvalue weighted by atomic mass is 79.9. The number of ether oxygens (including phenoxy) is 3. The van der Waals surface area contributed by atoms with Gasteiger partial charge in [-0.15, -0.1) is 0 Å². The van der Waals surface area contributed by atoms with Gasteiger partial charge in [0.2, 0.25) is 0 Å². The van der Waals surface area contributed by atoms with Crippen molar-refractivity contribution >= 4 is 28.1 Å². The highest BCUT2D eigenvalue weighted by Gasteiger charge is 2.15. The highest BCUT2D eigenvalue weighted by molar-refractivity contribution is 9.10. The van der Waals surface area contributed by atoms with Crippen LogP contribution < -0.4 is 20.5 Å². The third-order valence-corrected chi connectivity index (χ3v) is 4.91. The normalized spacial score (nSPS) is 10.8. The largest absolute Gasteiger partial charge is 0.490 e. The molecular weight excluding hydrogens is 480 g/mol. The van der Waals surface area contributed by atoms with Crippen LogP contribution >= 0.6 is 15.9 Å². The number of nitriles is 1. The van der Waals surface area contributed by atoms with Gasteiger partial charge in [0.05, 0.1) is 30.5 Å². The Bertz CT molecular complexity index is 1100. The summed E-state index contributed by atoms with van der Waals surface area (Å²) in [6, 6.07) is 7.08. The lowest BCUT2D eigenvalue weighted by atomic mass is 10.1. The van der Waals surface area contributed by atoms with Gasteiger partial charge < -0.3 is 18.8 Å². The first-order valence-electron chi connectivity index (χ1n) is 9.89. The fourth-order valence-corrected chi connectivity index (χ4v) is 3.56. The van der Waals surface area contributed by atoms with Gasteiger partial charge in [0.1, 0.15) is 18.2 Å². The summed E-state index contributed by atoms with van der Waals surface area (Å²) >= 11 is 3.45. The fraction of sp³-hybridized carbons (Fsp3) is 0.364. The number of hydrogen-bond donors (Lipinski definition) is 1. The Labute approximate surface area is 194 Å². The number of amides is 1. The van der Waals surface area contributed by atoms with Gasteiger partial charge >= 0.3 is 0 Å². The van der Waals surface area contributed by atoms with Crippen molar-refractivity contribution in [2.45, 2.75) is 33.9 Å². The molecule has 0 fully saturated rings. The molecule has 0 saturated heterocycles. The molecule has 0 aliphatic carbocycles. The zero-order valence-electron chi connectivity index (χ0n) is 18.4. The van der Waals surface area contributed by atoms with Gasteiger partial charge in [-0.2, -0.15) is 10.4 Å². The van der Waals surface area contributed by atoms with E-state index in [1.807, 2.05) is 19.9 Å². The third-order valence-electron chi connectivity index (χ3n) is 4.33. The molecule has 1 aromatic heterocycles. The minimum Gasteiger partial charge on any atom is -0.490 e. The van der Waals surface area contributed by atoms with E-state index in [1.165, 1.54) is 17.9 Å². The lowest BCUT2D eigenvalue weighted by Gasteiger charge is -2.13. The summed E-state index contributed by atoms with van der Waals surface area (Å²) in [5.41, 5.74) is 3.50. The van der Waals surface area contributed by atoms with E-state index in [0.29, 0.717) is 46.0 Å². The first-order valence-corrected chi connectivity index (χ1v) is 10.7. The average Bonchev–Trinajstić information content (AvgIpc) is 2.74. The molecule has 2 aromatic rings. The number of nitrogens with zero attached hydrogens (tertiary/aromatic N) is 3. The number of hydrogen-bond acceptors (Lipinski definition) is 7. The van der Waals surface area contributed by atoms with Gasteiger partial charge in [0.15, 0.2) is 11.5 Å². The van der Waals surface area contributed by atoms with Crippen LogP contribution in [0.5, 0.6) is 11.5 Å². The van der Waals surface area contributed by atoms with E-state index >= 15 is 0 Å². The number of pyridine rings is 1. The van der Waals surface area contributed by atoms with Crippen molar-refractivity contribution in [3.05, 3.63) is 55.4 Å². The standard InChI is InChI=1S/C22H25BrN4O5/c1-5-31-19-9-15(8-18(23)21(19)32-6-2)11-25-26-20(28)12-27-14(3)7-16(13-30-4)17(10-24)22(27)29/h7-9,11H,5-6,12-13H2,1-4H3,(H,26,28). The number of aryl methyl sites for hydroxylation is 1. The Morgan fingerprint density at radius 1 is 1.28 bits per heavy atom. The molecule has 1 N–H and O–H groups in total. The van der Waals surface area contributed by atoms with E-state index in [4.69, 9.17) is 14.2 Å². The Morgan fingerprint density at radius 2 is 2.00 bits per heavy atom. The van der Waals surface area contributed by atoms with Crippen molar-refractivity contribution < 1.29 is 19.0 Å². The van der Waals surface area contributed by atoms with E-state index in [-0.39, 0.29) is 18.7 Å². The maximum atomic E-state index is 12.6. The molecule has 2 rings (SSSR count). The molecule has 1 heterocycles. The Hall–Kier alpha value is -3.16. The molecule has 9 nitrogen and oxygen atoms in total.